The van der Waals surface area contributed by atoms with Crippen LogP contribution in [0.1, 0.15) is 61.8 Å². The highest BCUT2D eigenvalue weighted by Crippen LogP contribution is 2.47. The highest BCUT2D eigenvalue weighted by Gasteiger charge is 2.35. The number of rotatable bonds is 5. The number of methoxy groups -OCH3 is 1. The summed E-state index contributed by atoms with van der Waals surface area (Å²) in [6.45, 7) is 2.96. The van der Waals surface area contributed by atoms with Gasteiger partial charge in [0.25, 0.3) is 0 Å². The van der Waals surface area contributed by atoms with Gasteiger partial charge in [-0.2, -0.15) is 0 Å². The number of fused-ring (bicyclic) bond motifs is 1. The van der Waals surface area contributed by atoms with Crippen molar-refractivity contribution in [3.05, 3.63) is 30.1 Å². The number of aliphatic hydroxyl groups excluding tert-OH is 1. The molecule has 3 aromatic rings. The highest BCUT2D eigenvalue weighted by atomic mass is 32.1. The maximum atomic E-state index is 12.7. The number of aliphatic hydroxyl groups is 1. The third kappa shape index (κ3) is 3.89. The number of anilines is 2. The molecule has 2 aliphatic rings. The fourth-order valence-electron chi connectivity index (χ4n) is 5.53. The molecule has 5 rings (SSSR count). The molecule has 0 bridgehead atoms. The Morgan fingerprint density at radius 1 is 1.30 bits per heavy atom. The van der Waals surface area contributed by atoms with Crippen LogP contribution in [0.5, 0.6) is 0 Å². The van der Waals surface area contributed by atoms with Gasteiger partial charge in [-0.3, -0.25) is 0 Å². The first kappa shape index (κ1) is 22.2. The zero-order chi connectivity index (χ0) is 23.1. The molecule has 1 aliphatic carbocycles. The van der Waals surface area contributed by atoms with Crippen LogP contribution in [-0.4, -0.2) is 46.9 Å². The van der Waals surface area contributed by atoms with Gasteiger partial charge in [-0.1, -0.05) is 25.3 Å². The molecule has 7 nitrogen and oxygen atoms in total. The molecule has 8 heteroatoms. The molecule has 176 valence electrons. The van der Waals surface area contributed by atoms with Gasteiger partial charge in [-0.05, 0) is 43.9 Å². The van der Waals surface area contributed by atoms with Gasteiger partial charge in [0.2, 0.25) is 0 Å². The lowest BCUT2D eigenvalue weighted by atomic mass is 9.95. The lowest BCUT2D eigenvalue weighted by Crippen LogP contribution is -2.28. The average molecular weight is 469 g/mol. The van der Waals surface area contributed by atoms with E-state index in [1.807, 2.05) is 6.33 Å². The van der Waals surface area contributed by atoms with E-state index in [2.05, 4.69) is 34.6 Å². The number of imidazole rings is 1. The topological polar surface area (TPSA) is 93.6 Å². The molecule has 3 heterocycles. The van der Waals surface area contributed by atoms with Gasteiger partial charge in [-0.25, -0.2) is 9.78 Å². The second kappa shape index (κ2) is 8.99. The van der Waals surface area contributed by atoms with E-state index in [0.717, 1.165) is 32.9 Å². The number of hydrogen-bond acceptors (Lipinski definition) is 7. The number of nitrogen functional groups attached to an aromatic ring is 1. The predicted molar refractivity (Wildman–Crippen MR) is 133 cm³/mol. The molecule has 2 atom stereocenters. The average Bonchev–Trinajstić information content (AvgIpc) is 3.53. The second-order valence-electron chi connectivity index (χ2n) is 9.45. The summed E-state index contributed by atoms with van der Waals surface area (Å²) in [6.07, 6.45) is 9.14. The fourth-order valence-corrected chi connectivity index (χ4v) is 6.85. The maximum absolute atomic E-state index is 12.7. The molecule has 1 saturated carbocycles. The van der Waals surface area contributed by atoms with Crippen molar-refractivity contribution in [2.45, 2.75) is 57.5 Å². The van der Waals surface area contributed by atoms with Crippen molar-refractivity contribution in [1.29, 1.82) is 0 Å². The summed E-state index contributed by atoms with van der Waals surface area (Å²) in [5.41, 5.74) is 10.5. The molecule has 1 aliphatic heterocycles. The van der Waals surface area contributed by atoms with Gasteiger partial charge in [0.1, 0.15) is 10.6 Å². The molecule has 3 N–H and O–H groups in total. The molecule has 33 heavy (non-hydrogen) atoms. The number of nitrogens with two attached hydrogens (primary N) is 1. The van der Waals surface area contributed by atoms with Crippen LogP contribution in [0.25, 0.3) is 21.5 Å². The monoisotopic (exact) mass is 468 g/mol. The molecular formula is C25H32N4O3S. The van der Waals surface area contributed by atoms with E-state index in [9.17, 15) is 9.90 Å². The van der Waals surface area contributed by atoms with Crippen LogP contribution in [0, 0.1) is 5.92 Å². The number of benzene rings is 1. The zero-order valence-corrected chi connectivity index (χ0v) is 20.1. The predicted octanol–water partition coefficient (Wildman–Crippen LogP) is 4.85. The first-order valence-electron chi connectivity index (χ1n) is 11.9. The van der Waals surface area contributed by atoms with E-state index < -0.39 is 5.97 Å². The number of ether oxygens (including phenoxy) is 1. The van der Waals surface area contributed by atoms with E-state index in [1.165, 1.54) is 50.6 Å². The summed E-state index contributed by atoms with van der Waals surface area (Å²) >= 11 is 1.52. The Kier molecular flexibility index (Phi) is 6.05. The minimum atomic E-state index is -0.424. The minimum absolute atomic E-state index is 0.141. The van der Waals surface area contributed by atoms with Gasteiger partial charge < -0.3 is 25.0 Å². The van der Waals surface area contributed by atoms with Crippen molar-refractivity contribution in [2.75, 3.05) is 30.9 Å². The summed E-state index contributed by atoms with van der Waals surface area (Å²) in [5, 5.41) is 10.5. The van der Waals surface area contributed by atoms with Crippen LogP contribution in [-0.2, 0) is 4.74 Å². The number of carbonyl (C=O) groups excluding carboxylic acids is 1. The quantitative estimate of drug-likeness (QED) is 0.520. The van der Waals surface area contributed by atoms with Crippen LogP contribution < -0.4 is 10.6 Å². The van der Waals surface area contributed by atoms with Gasteiger partial charge in [-0.15, -0.1) is 11.3 Å². The number of aromatic nitrogens is 2. The van der Waals surface area contributed by atoms with E-state index >= 15 is 0 Å². The Bertz CT molecular complexity index is 1160. The molecule has 1 aromatic carbocycles. The number of carbonyl (C=O) groups is 1. The molecule has 0 amide bonds. The second-order valence-corrected chi connectivity index (χ2v) is 10.4. The summed E-state index contributed by atoms with van der Waals surface area (Å²) in [5.74, 6) is -0.232. The number of nitrogens with zero attached hydrogens (tertiary/aromatic N) is 3. The summed E-state index contributed by atoms with van der Waals surface area (Å²) in [6, 6.07) is 7.02. The standard InChI is InChI=1S/C25H32N4O3S/c1-15-10-16(13-30)12-28(15)24-21(25(31)32-2)22(26)23(33-24)17-8-9-20-19(11-17)27-14-29(20)18-6-4-3-5-7-18/h8-9,11,14-16,18,30H,3-7,10,12-13,26H2,1-2H3/t15-,16-/m0/s1. The van der Waals surface area contributed by atoms with Crippen LogP contribution in [0.4, 0.5) is 10.7 Å². The van der Waals surface area contributed by atoms with Crippen molar-refractivity contribution < 1.29 is 14.6 Å². The molecule has 0 unspecified atom stereocenters. The van der Waals surface area contributed by atoms with Crippen molar-refractivity contribution >= 4 is 39.0 Å². The first-order valence-corrected chi connectivity index (χ1v) is 12.7. The number of esters is 1. The Morgan fingerprint density at radius 3 is 2.79 bits per heavy atom. The van der Waals surface area contributed by atoms with Crippen LogP contribution in [0.3, 0.4) is 0 Å². The van der Waals surface area contributed by atoms with E-state index in [4.69, 9.17) is 15.5 Å². The van der Waals surface area contributed by atoms with Gasteiger partial charge in [0.15, 0.2) is 0 Å². The van der Waals surface area contributed by atoms with Crippen molar-refractivity contribution in [3.63, 3.8) is 0 Å². The summed E-state index contributed by atoms with van der Waals surface area (Å²) in [7, 11) is 1.39. The Balaban J connectivity index is 1.55. The van der Waals surface area contributed by atoms with Crippen LogP contribution >= 0.6 is 11.3 Å². The van der Waals surface area contributed by atoms with Gasteiger partial charge in [0.05, 0.1) is 35.0 Å². The molecule has 0 radical (unpaired) electrons. The van der Waals surface area contributed by atoms with E-state index in [-0.39, 0.29) is 18.6 Å². The highest BCUT2D eigenvalue weighted by molar-refractivity contribution is 7.20. The Labute approximate surface area is 198 Å². The molecular weight excluding hydrogens is 436 g/mol. The van der Waals surface area contributed by atoms with E-state index in [1.54, 1.807) is 0 Å². The molecule has 1 saturated heterocycles. The third-order valence-electron chi connectivity index (χ3n) is 7.30. The molecule has 2 fully saturated rings. The van der Waals surface area contributed by atoms with Crippen molar-refractivity contribution in [1.82, 2.24) is 9.55 Å². The molecule has 2 aromatic heterocycles. The maximum Gasteiger partial charge on any atom is 0.343 e. The van der Waals surface area contributed by atoms with Gasteiger partial charge in [0, 0.05) is 31.2 Å². The largest absolute Gasteiger partial charge is 0.465 e. The zero-order valence-electron chi connectivity index (χ0n) is 19.3. The minimum Gasteiger partial charge on any atom is -0.465 e. The van der Waals surface area contributed by atoms with Gasteiger partial charge >= 0.3 is 5.97 Å². The van der Waals surface area contributed by atoms with Crippen LogP contribution in [0.15, 0.2) is 24.5 Å². The van der Waals surface area contributed by atoms with E-state index in [0.29, 0.717) is 23.8 Å². The summed E-state index contributed by atoms with van der Waals surface area (Å²) < 4.78 is 7.41. The number of thiophene rings is 1. The van der Waals surface area contributed by atoms with Crippen molar-refractivity contribution in [3.8, 4) is 10.4 Å². The first-order chi connectivity index (χ1) is 16.0. The van der Waals surface area contributed by atoms with Crippen LogP contribution in [0.2, 0.25) is 0 Å². The summed E-state index contributed by atoms with van der Waals surface area (Å²) in [4.78, 5) is 20.5. The molecule has 0 spiro atoms. The lowest BCUT2D eigenvalue weighted by Gasteiger charge is -2.23. The smallest absolute Gasteiger partial charge is 0.343 e. The van der Waals surface area contributed by atoms with Crippen molar-refractivity contribution in [2.24, 2.45) is 5.92 Å². The lowest BCUT2D eigenvalue weighted by molar-refractivity contribution is 0.0603. The SMILES string of the molecule is COC(=O)c1c(N2C[C@@H](CO)C[C@@H]2C)sc(-c2ccc3c(c2)ncn3C2CCCCC2)c1N. The Morgan fingerprint density at radius 2 is 2.09 bits per heavy atom. The third-order valence-corrected chi connectivity index (χ3v) is 8.59. The fraction of sp³-hybridized carbons (Fsp3) is 0.520. The number of hydrogen-bond donors (Lipinski definition) is 2. The normalized spacial score (nSPS) is 21.7. The Hall–Kier alpha value is -2.58.